The first-order valence-corrected chi connectivity index (χ1v) is 48.3. The molecule has 1 spiro atoms. The molecule has 8 aliphatic rings. The topological polar surface area (TPSA) is 333 Å². The Balaban J connectivity index is 0.471. The number of carbonyl (C=O) groups excluding carboxylic acids is 2. The van der Waals surface area contributed by atoms with Gasteiger partial charge in [0.2, 0.25) is 0 Å². The molecule has 8 aromatic heterocycles. The number of anilines is 2. The molecule has 4 saturated carbocycles. The molecule has 12 heterocycles. The molecule has 3 atom stereocenters. The fourth-order valence-electron chi connectivity index (χ4n) is 20.8. The van der Waals surface area contributed by atoms with E-state index in [1.165, 1.54) is 10.4 Å². The average Bonchev–Trinajstić information content (AvgIpc) is 1.53. The standard InChI is InChI=1S/C99H103Cl2N21O7S2/c1-56-59(4)130-96-87(56)90(65-15-25-71(26-16-65)128-77-51-99(52-77)37-42-120(43-38-99)85-36-34-81(113-115-85)93(124)107-69-21-31-73(32-22-69)127-75-28-18-67(54-103)79(101)48-75)109-98(7,97-117-111-61(6)122(96)97)58(3)94-105-55-76(129-94)49-83-57(2)88-89(108-82(50-86-104-39-46-125-86)91-116-110-60(5)121(91)95(88)131-83)64-11-9-62(10-12-64)63-13-23-70(24-14-63)118-40-8-41-119(45-44-118)84-35-33-80(112-114-84)92(123)106-68-19-29-72(30-20-68)126-74-27-17-66(53-102)78(100)47-74/h9-12,15-18,25-28,33-36,39,46-48,55,58,63,68-70,72-73,77,82H,8,13-14,19-24,29-32,37-38,40-45,49-52H2,1-7H3,(H,106,123)(H,107,124)/t58?,63-,68-,69-,70-,72-,73-,82-,98+/m0/s1. The van der Waals surface area contributed by atoms with Crippen molar-refractivity contribution in [1.82, 2.24) is 75.4 Å². The molecule has 12 aromatic rings. The van der Waals surface area contributed by atoms with Crippen LogP contribution in [0.2, 0.25) is 10.0 Å². The van der Waals surface area contributed by atoms with Gasteiger partial charge in [0.25, 0.3) is 11.8 Å². The summed E-state index contributed by atoms with van der Waals surface area (Å²) >= 11 is 15.9. The molecular weight excluding hydrogens is 1730 g/mol. The van der Waals surface area contributed by atoms with Crippen molar-refractivity contribution < 1.29 is 32.6 Å². The number of rotatable bonds is 22. The van der Waals surface area contributed by atoms with E-state index in [1.54, 1.807) is 83.7 Å². The fraction of sp³-hybridized carbons (Fsp3) is 0.434. The fourth-order valence-corrected chi connectivity index (χ4v) is 23.8. The number of nitrogens with zero attached hydrogens (tertiary/aromatic N) is 19. The number of piperidine rings is 1. The molecule has 6 fully saturated rings. The summed E-state index contributed by atoms with van der Waals surface area (Å²) in [5.41, 5.74) is 9.99. The Bertz CT molecular complexity index is 6390. The molecule has 20 rings (SSSR count). The van der Waals surface area contributed by atoms with Crippen LogP contribution in [0.4, 0.5) is 11.6 Å². The Morgan fingerprint density at radius 2 is 1.18 bits per heavy atom. The summed E-state index contributed by atoms with van der Waals surface area (Å²) in [6.45, 7) is 20.2. The Morgan fingerprint density at radius 3 is 1.78 bits per heavy atom. The zero-order valence-electron chi connectivity index (χ0n) is 74.4. The van der Waals surface area contributed by atoms with Gasteiger partial charge in [0.1, 0.15) is 74.6 Å². The molecule has 0 bridgehead atoms. The van der Waals surface area contributed by atoms with Crippen LogP contribution in [0.1, 0.15) is 263 Å². The van der Waals surface area contributed by atoms with Crippen molar-refractivity contribution in [3.63, 3.8) is 0 Å². The zero-order chi connectivity index (χ0) is 89.9. The maximum atomic E-state index is 13.4. The van der Waals surface area contributed by atoms with Gasteiger partial charge in [-0.05, 0) is 252 Å². The van der Waals surface area contributed by atoms with Gasteiger partial charge in [-0.3, -0.25) is 33.6 Å². The van der Waals surface area contributed by atoms with E-state index < -0.39 is 17.5 Å². The molecule has 4 aliphatic carbocycles. The van der Waals surface area contributed by atoms with E-state index in [0.29, 0.717) is 92.2 Å². The largest absolute Gasteiger partial charge is 0.490 e. The molecular formula is C99H103Cl2N21O7S2. The number of fused-ring (bicyclic) bond motifs is 6. The van der Waals surface area contributed by atoms with E-state index in [4.69, 9.17) is 81.6 Å². The van der Waals surface area contributed by atoms with E-state index in [-0.39, 0.29) is 47.6 Å². The van der Waals surface area contributed by atoms with Crippen molar-refractivity contribution >= 4 is 80.7 Å². The van der Waals surface area contributed by atoms with Gasteiger partial charge < -0.3 is 43.5 Å². The van der Waals surface area contributed by atoms with Crippen molar-refractivity contribution in [1.29, 1.82) is 10.5 Å². The number of aryl methyl sites for hydroxylation is 3. The van der Waals surface area contributed by atoms with Gasteiger partial charge in [0.05, 0.1) is 75.6 Å². The minimum atomic E-state index is -1.01. The predicted molar refractivity (Wildman–Crippen MR) is 500 cm³/mol. The summed E-state index contributed by atoms with van der Waals surface area (Å²) < 4.78 is 36.4. The quantitative estimate of drug-likeness (QED) is 0.0636. The maximum absolute atomic E-state index is 13.4. The number of carbonyl (C=O) groups is 2. The van der Waals surface area contributed by atoms with Crippen LogP contribution in [0.5, 0.6) is 17.2 Å². The molecule has 0 radical (unpaired) electrons. The Kier molecular flexibility index (Phi) is 24.3. The van der Waals surface area contributed by atoms with E-state index >= 15 is 0 Å². The predicted octanol–water partition coefficient (Wildman–Crippen LogP) is 18.0. The number of benzene rings is 4. The summed E-state index contributed by atoms with van der Waals surface area (Å²) in [7, 11) is 0. The third-order valence-corrected chi connectivity index (χ3v) is 31.7. The van der Waals surface area contributed by atoms with E-state index in [1.807, 2.05) is 32.2 Å². The SMILES string of the molecule is Cc1sc2c(c1C)C(c1ccc(OC3CC4(CCN(c5ccc(C(=O)N[C@H]6CC[C@H](Oc7ccc(C#N)c(Cl)c7)CC6)nn5)CC4)C3)cc1)=N[C@](C)(C(C)c1ncc(Cc3sc4c(c3C)C(c3ccc([C@H]5CC[C@H](N6CCCN(c7ccc(C(=O)N[C@H]8CC[C@H](Oc9ccc(C#N)c(Cl)c9)CC8)nn7)CC6)CC5)cc3)=N[C@@H](Cc3ncco3)c3nnc(C)n3-4)o1)c1nnc(C)n1-2. The lowest BCUT2D eigenvalue weighted by molar-refractivity contribution is -0.0311. The van der Waals surface area contributed by atoms with Crippen LogP contribution in [0, 0.1) is 62.7 Å². The molecule has 4 aromatic carbocycles. The number of nitriles is 2. The van der Waals surface area contributed by atoms with Crippen molar-refractivity contribution in [3.8, 4) is 39.4 Å². The molecule has 131 heavy (non-hydrogen) atoms. The highest BCUT2D eigenvalue weighted by Crippen LogP contribution is 2.53. The third-order valence-electron chi connectivity index (χ3n) is 28.6. The molecule has 2 N–H and O–H groups in total. The number of aromatic nitrogens is 12. The number of hydrogen-bond donors (Lipinski definition) is 2. The first kappa shape index (κ1) is 87.0. The Hall–Kier alpha value is -12.1. The van der Waals surface area contributed by atoms with Crippen LogP contribution in [0.25, 0.3) is 10.0 Å². The number of halogens is 2. The Labute approximate surface area is 778 Å². The van der Waals surface area contributed by atoms with Crippen LogP contribution < -0.4 is 34.6 Å². The number of ether oxygens (including phenoxy) is 3. The van der Waals surface area contributed by atoms with Crippen LogP contribution in [-0.2, 0) is 18.4 Å². The minimum absolute atomic E-state index is 0.00165. The van der Waals surface area contributed by atoms with Gasteiger partial charge in [-0.2, -0.15) is 10.5 Å². The molecule has 2 amide bonds. The lowest BCUT2D eigenvalue weighted by Crippen LogP contribution is -2.51. The van der Waals surface area contributed by atoms with Gasteiger partial charge in [0.15, 0.2) is 46.5 Å². The van der Waals surface area contributed by atoms with Gasteiger partial charge >= 0.3 is 0 Å². The normalized spacial score (nSPS) is 22.2. The van der Waals surface area contributed by atoms with E-state index in [0.717, 1.165) is 243 Å². The lowest BCUT2D eigenvalue weighted by Gasteiger charge is -2.51. The summed E-state index contributed by atoms with van der Waals surface area (Å²) in [5, 5.41) is 64.8. The van der Waals surface area contributed by atoms with E-state index in [9.17, 15) is 20.1 Å². The molecule has 32 heteroatoms. The molecule has 1 unspecified atom stereocenters. The highest BCUT2D eigenvalue weighted by atomic mass is 35.5. The summed E-state index contributed by atoms with van der Waals surface area (Å²) in [5.74, 6) is 8.02. The van der Waals surface area contributed by atoms with Gasteiger partial charge in [-0.1, -0.05) is 54.4 Å². The first-order valence-electron chi connectivity index (χ1n) is 45.9. The van der Waals surface area contributed by atoms with Crippen LogP contribution in [0.3, 0.4) is 0 Å². The Morgan fingerprint density at radius 1 is 0.595 bits per heavy atom. The summed E-state index contributed by atoms with van der Waals surface area (Å²) in [4.78, 5) is 57.6. The molecule has 4 aliphatic heterocycles. The number of amides is 2. The van der Waals surface area contributed by atoms with Crippen molar-refractivity contribution in [2.24, 2.45) is 15.4 Å². The van der Waals surface area contributed by atoms with Gasteiger partial charge in [-0.25, -0.2) is 9.97 Å². The van der Waals surface area contributed by atoms with Crippen molar-refractivity contribution in [2.75, 3.05) is 49.1 Å². The zero-order valence-corrected chi connectivity index (χ0v) is 77.6. The number of hydrogen-bond acceptors (Lipinski definition) is 26. The summed E-state index contributed by atoms with van der Waals surface area (Å²) in [6.07, 6.45) is 21.8. The average molecular weight is 1830 g/mol. The first-order chi connectivity index (χ1) is 63.6. The molecule has 672 valence electrons. The second-order valence-electron chi connectivity index (χ2n) is 36.8. The van der Waals surface area contributed by atoms with Gasteiger partial charge in [0, 0.05) is 108 Å². The van der Waals surface area contributed by atoms with Crippen molar-refractivity contribution in [3.05, 3.63) is 250 Å². The summed E-state index contributed by atoms with van der Waals surface area (Å²) in [6, 6.07) is 39.6. The van der Waals surface area contributed by atoms with Crippen LogP contribution in [-0.4, -0.2) is 164 Å². The number of nitrogens with one attached hydrogen (secondary N) is 2. The van der Waals surface area contributed by atoms with Crippen LogP contribution in [0.15, 0.2) is 147 Å². The smallest absolute Gasteiger partial charge is 0.272 e. The molecule has 2 saturated heterocycles. The van der Waals surface area contributed by atoms with Crippen LogP contribution >= 0.6 is 45.9 Å². The number of aliphatic imine (C=N–C) groups is 2. The molecule has 28 nitrogen and oxygen atoms in total. The van der Waals surface area contributed by atoms with Gasteiger partial charge in [-0.15, -0.1) is 63.5 Å². The maximum Gasteiger partial charge on any atom is 0.272 e. The monoisotopic (exact) mass is 1830 g/mol. The van der Waals surface area contributed by atoms with Crippen molar-refractivity contribution in [2.45, 2.75) is 230 Å². The minimum Gasteiger partial charge on any atom is -0.490 e. The van der Waals surface area contributed by atoms with E-state index in [2.05, 4.69) is 155 Å². The number of thiophene rings is 2. The number of oxazole rings is 2. The second-order valence-corrected chi connectivity index (χ2v) is 39.9. The highest BCUT2D eigenvalue weighted by molar-refractivity contribution is 7.15. The lowest BCUT2D eigenvalue weighted by atomic mass is 9.61. The highest BCUT2D eigenvalue weighted by Gasteiger charge is 2.49. The second kappa shape index (κ2) is 36.6. The third kappa shape index (κ3) is 17.6.